The molecule has 2 fully saturated rings. The van der Waals surface area contributed by atoms with Crippen molar-refractivity contribution in [2.24, 2.45) is 11.8 Å². The van der Waals surface area contributed by atoms with Crippen LogP contribution in [0, 0.1) is 11.8 Å². The molecule has 3 aliphatic rings. The maximum absolute atomic E-state index is 10.1. The average molecular weight is 478 g/mol. The minimum Gasteiger partial charge on any atom is -0.508 e. The Labute approximate surface area is 201 Å². The predicted molar refractivity (Wildman–Crippen MR) is 127 cm³/mol. The zero-order valence-corrected chi connectivity index (χ0v) is 20.2. The minimum atomic E-state index is -2.27. The molecule has 34 heavy (non-hydrogen) atoms. The van der Waals surface area contributed by atoms with Gasteiger partial charge >= 0.3 is 11.9 Å². The number of fused-ring (bicyclic) bond motifs is 1. The maximum atomic E-state index is 10.1. The summed E-state index contributed by atoms with van der Waals surface area (Å²) in [6.45, 7) is 7.25. The summed E-state index contributed by atoms with van der Waals surface area (Å²) in [6.07, 6.45) is 6.09. The summed E-state index contributed by atoms with van der Waals surface area (Å²) in [6, 6.07) is 6.96. The quantitative estimate of drug-likeness (QED) is 0.404. The molecule has 1 aromatic rings. The molecule has 1 saturated carbocycles. The third kappa shape index (κ3) is 5.39. The van der Waals surface area contributed by atoms with Crippen LogP contribution in [-0.2, 0) is 21.4 Å². The average Bonchev–Trinajstić information content (AvgIpc) is 2.83. The summed E-state index contributed by atoms with van der Waals surface area (Å²) in [5, 5.41) is 42.6. The number of carboxylic acid groups (broad SMARTS) is 2. The van der Waals surface area contributed by atoms with E-state index in [1.54, 1.807) is 0 Å². The fourth-order valence-corrected chi connectivity index (χ4v) is 6.21. The third-order valence-corrected chi connectivity index (χ3v) is 8.35. The highest BCUT2D eigenvalue weighted by molar-refractivity contribution is 5.83. The SMILES string of the molecule is CCC(C)CCN1CC[C@]23CCCC[C@H]2[C@H]1Cc1ccc(O)cc13.O=C(O)[C@H](O)[C@@H](O)C(=O)O. The number of benzene rings is 1. The Morgan fingerprint density at radius 3 is 2.41 bits per heavy atom. The Balaban J connectivity index is 0.000000277. The van der Waals surface area contributed by atoms with E-state index in [1.165, 1.54) is 75.6 Å². The topological polar surface area (TPSA) is 139 Å². The minimum absolute atomic E-state index is 0.363. The van der Waals surface area contributed by atoms with E-state index >= 15 is 0 Å². The van der Waals surface area contributed by atoms with Gasteiger partial charge in [-0.25, -0.2) is 9.59 Å². The smallest absolute Gasteiger partial charge is 0.335 e. The number of hydrogen-bond donors (Lipinski definition) is 5. The van der Waals surface area contributed by atoms with Crippen LogP contribution in [0.25, 0.3) is 0 Å². The molecule has 8 nitrogen and oxygen atoms in total. The van der Waals surface area contributed by atoms with Crippen molar-refractivity contribution >= 4 is 11.9 Å². The van der Waals surface area contributed by atoms with E-state index < -0.39 is 24.1 Å². The lowest BCUT2D eigenvalue weighted by Crippen LogP contribution is -2.61. The van der Waals surface area contributed by atoms with E-state index in [4.69, 9.17) is 20.4 Å². The number of phenols is 1. The molecular formula is C26H39NO7. The predicted octanol–water partition coefficient (Wildman–Crippen LogP) is 2.76. The lowest BCUT2D eigenvalue weighted by atomic mass is 9.52. The molecule has 0 aromatic heterocycles. The van der Waals surface area contributed by atoms with Crippen molar-refractivity contribution in [3.63, 3.8) is 0 Å². The van der Waals surface area contributed by atoms with Crippen molar-refractivity contribution in [2.75, 3.05) is 13.1 Å². The molecule has 0 radical (unpaired) electrons. The van der Waals surface area contributed by atoms with Crippen molar-refractivity contribution in [2.45, 2.75) is 88.9 Å². The number of likely N-dealkylation sites (tertiary alicyclic amines) is 1. The number of hydrogen-bond acceptors (Lipinski definition) is 6. The van der Waals surface area contributed by atoms with Crippen LogP contribution in [0.15, 0.2) is 18.2 Å². The Morgan fingerprint density at radius 2 is 1.79 bits per heavy atom. The third-order valence-electron chi connectivity index (χ3n) is 8.35. The van der Waals surface area contributed by atoms with Crippen LogP contribution in [-0.4, -0.2) is 73.7 Å². The van der Waals surface area contributed by atoms with Gasteiger partial charge in [-0.15, -0.1) is 0 Å². The highest BCUT2D eigenvalue weighted by Gasteiger charge is 2.53. The van der Waals surface area contributed by atoms with Crippen molar-refractivity contribution < 1.29 is 35.1 Å². The summed E-state index contributed by atoms with van der Waals surface area (Å²) >= 11 is 0. The Hall–Kier alpha value is -2.16. The van der Waals surface area contributed by atoms with E-state index in [9.17, 15) is 14.7 Å². The van der Waals surface area contributed by atoms with E-state index in [2.05, 4.69) is 30.9 Å². The number of rotatable bonds is 7. The van der Waals surface area contributed by atoms with Crippen LogP contribution < -0.4 is 0 Å². The maximum Gasteiger partial charge on any atom is 0.335 e. The first-order valence-corrected chi connectivity index (χ1v) is 12.5. The number of phenolic OH excluding ortho intramolecular Hbond substituents is 1. The first-order valence-electron chi connectivity index (χ1n) is 12.5. The number of nitrogens with zero attached hydrogens (tertiary/aromatic N) is 1. The van der Waals surface area contributed by atoms with Gasteiger partial charge in [0, 0.05) is 11.5 Å². The van der Waals surface area contributed by atoms with Gasteiger partial charge in [-0.3, -0.25) is 4.90 Å². The van der Waals surface area contributed by atoms with Gasteiger partial charge in [0.25, 0.3) is 0 Å². The number of carbonyl (C=O) groups is 2. The molecule has 8 heteroatoms. The molecule has 1 unspecified atom stereocenters. The molecule has 1 saturated heterocycles. The van der Waals surface area contributed by atoms with Crippen LogP contribution in [0.5, 0.6) is 5.75 Å². The fraction of sp³-hybridized carbons (Fsp3) is 0.692. The van der Waals surface area contributed by atoms with Crippen LogP contribution in [0.3, 0.4) is 0 Å². The number of aliphatic hydroxyl groups excluding tert-OH is 2. The second-order valence-corrected chi connectivity index (χ2v) is 10.3. The second-order valence-electron chi connectivity index (χ2n) is 10.3. The Morgan fingerprint density at radius 1 is 1.12 bits per heavy atom. The molecule has 4 rings (SSSR count). The van der Waals surface area contributed by atoms with Gasteiger partial charge in [-0.05, 0) is 80.3 Å². The van der Waals surface area contributed by atoms with Crippen LogP contribution in [0.4, 0.5) is 0 Å². The molecule has 190 valence electrons. The summed E-state index contributed by atoms with van der Waals surface area (Å²) in [5.74, 6) is -1.42. The lowest BCUT2D eigenvalue weighted by molar-refractivity contribution is -0.165. The molecule has 2 aliphatic carbocycles. The molecule has 5 N–H and O–H groups in total. The zero-order valence-electron chi connectivity index (χ0n) is 20.2. The van der Waals surface area contributed by atoms with Gasteiger partial charge in [0.1, 0.15) is 5.75 Å². The molecule has 1 aliphatic heterocycles. The lowest BCUT2D eigenvalue weighted by Gasteiger charge is -2.59. The molecule has 1 heterocycles. The molecule has 0 amide bonds. The first kappa shape index (κ1) is 26.4. The van der Waals surface area contributed by atoms with Crippen molar-refractivity contribution in [1.29, 1.82) is 0 Å². The summed E-state index contributed by atoms with van der Waals surface area (Å²) in [7, 11) is 0. The van der Waals surface area contributed by atoms with E-state index in [0.717, 1.165) is 17.9 Å². The summed E-state index contributed by atoms with van der Waals surface area (Å²) in [5.41, 5.74) is 3.39. The van der Waals surface area contributed by atoms with Gasteiger partial charge < -0.3 is 25.5 Å². The van der Waals surface area contributed by atoms with Gasteiger partial charge in [0.05, 0.1) is 0 Å². The van der Waals surface area contributed by atoms with Gasteiger partial charge in [-0.1, -0.05) is 39.2 Å². The molecule has 1 aromatic carbocycles. The van der Waals surface area contributed by atoms with E-state index in [0.29, 0.717) is 11.2 Å². The van der Waals surface area contributed by atoms with Crippen LogP contribution >= 0.6 is 0 Å². The first-order chi connectivity index (χ1) is 16.1. The number of aliphatic carboxylic acids is 2. The molecule has 6 atom stereocenters. The van der Waals surface area contributed by atoms with Gasteiger partial charge in [0.15, 0.2) is 12.2 Å². The van der Waals surface area contributed by atoms with Crippen LogP contribution in [0.2, 0.25) is 0 Å². The van der Waals surface area contributed by atoms with Crippen LogP contribution in [0.1, 0.15) is 69.9 Å². The van der Waals surface area contributed by atoms with Crippen molar-refractivity contribution in [1.82, 2.24) is 4.90 Å². The highest BCUT2D eigenvalue weighted by Crippen LogP contribution is 2.56. The van der Waals surface area contributed by atoms with Crippen molar-refractivity contribution in [3.8, 4) is 5.75 Å². The molecule has 0 spiro atoms. The number of carboxylic acids is 2. The summed E-state index contributed by atoms with van der Waals surface area (Å²) < 4.78 is 0. The second kappa shape index (κ2) is 11.1. The monoisotopic (exact) mass is 477 g/mol. The largest absolute Gasteiger partial charge is 0.508 e. The highest BCUT2D eigenvalue weighted by atomic mass is 16.4. The Bertz CT molecular complexity index is 857. The number of piperidine rings is 1. The normalized spacial score (nSPS) is 28.4. The number of aliphatic hydroxyl groups is 2. The number of aromatic hydroxyl groups is 1. The zero-order chi connectivity index (χ0) is 25.0. The molecule has 2 bridgehead atoms. The standard InChI is InChI=1S/C22H33NO.C4H6O6/c1-3-16(2)9-12-23-13-11-22-10-5-4-6-19(22)21(23)14-17-7-8-18(24)15-20(17)22;5-1(3(7)8)2(6)4(9)10/h7-8,15-16,19,21,24H,3-6,9-14H2,1-2H3;1-2,5-6H,(H,7,8)(H,9,10)/t16?,19-,21+,22+;1-,2-/m01/s1. The van der Waals surface area contributed by atoms with E-state index in [-0.39, 0.29) is 0 Å². The molecular weight excluding hydrogens is 438 g/mol. The van der Waals surface area contributed by atoms with Crippen molar-refractivity contribution in [3.05, 3.63) is 29.3 Å². The van der Waals surface area contributed by atoms with Gasteiger partial charge in [-0.2, -0.15) is 0 Å². The fourth-order valence-electron chi connectivity index (χ4n) is 6.21. The van der Waals surface area contributed by atoms with E-state index in [1.807, 2.05) is 6.07 Å². The Kier molecular flexibility index (Phi) is 8.60. The summed E-state index contributed by atoms with van der Waals surface area (Å²) in [4.78, 5) is 22.4. The van der Waals surface area contributed by atoms with Gasteiger partial charge in [0.2, 0.25) is 0 Å².